The molecular formula is C22H22BrNO2. The molecule has 1 heterocycles. The van der Waals surface area contributed by atoms with Crippen LogP contribution in [0.25, 0.3) is 0 Å². The number of benzene rings is 2. The summed E-state index contributed by atoms with van der Waals surface area (Å²) in [4.78, 5) is 13.1. The highest BCUT2D eigenvalue weighted by molar-refractivity contribution is 9.10. The number of halogens is 1. The summed E-state index contributed by atoms with van der Waals surface area (Å²) < 4.78 is 6.46. The molecular weight excluding hydrogens is 390 g/mol. The minimum Gasteiger partial charge on any atom is -0.469 e. The maximum absolute atomic E-state index is 13.1. The molecule has 1 N–H and O–H groups in total. The van der Waals surface area contributed by atoms with Crippen LogP contribution >= 0.6 is 15.9 Å². The van der Waals surface area contributed by atoms with Crippen LogP contribution in [-0.2, 0) is 14.9 Å². The van der Waals surface area contributed by atoms with Crippen LogP contribution in [0.4, 0.5) is 0 Å². The first-order valence-corrected chi connectivity index (χ1v) is 10.1. The second-order valence-corrected chi connectivity index (χ2v) is 8.79. The molecule has 0 spiro atoms. The molecule has 4 heteroatoms. The molecule has 0 aromatic heterocycles. The van der Waals surface area contributed by atoms with E-state index in [4.69, 9.17) is 4.74 Å². The van der Waals surface area contributed by atoms with Gasteiger partial charge in [0.05, 0.1) is 12.5 Å². The zero-order valence-corrected chi connectivity index (χ0v) is 16.4. The first-order valence-electron chi connectivity index (χ1n) is 9.29. The standard InChI is InChI=1S/C22H22BrNO2/c1-26-20(25)22-13-24-12-19(22)21(14-6-8-15(23)9-7-14)11-10-18(22)16-4-2-3-5-17(16)21/h2-9,18-19,24H,10-13H2,1H3. The van der Waals surface area contributed by atoms with E-state index >= 15 is 0 Å². The van der Waals surface area contributed by atoms with Gasteiger partial charge in [0.2, 0.25) is 0 Å². The lowest BCUT2D eigenvalue weighted by Crippen LogP contribution is -2.60. The third-order valence-electron chi connectivity index (χ3n) is 7.17. The first kappa shape index (κ1) is 16.5. The van der Waals surface area contributed by atoms with Gasteiger partial charge in [0.15, 0.2) is 0 Å². The fraction of sp³-hybridized carbons (Fsp3) is 0.409. The van der Waals surface area contributed by atoms with Crippen molar-refractivity contribution in [3.05, 3.63) is 69.7 Å². The molecule has 1 saturated carbocycles. The SMILES string of the molecule is COC(=O)C12CNCC1C1(c3ccc(Br)cc3)CCC2c2ccccc21. The number of hydrogen-bond donors (Lipinski definition) is 1. The van der Waals surface area contributed by atoms with Crippen molar-refractivity contribution in [3.63, 3.8) is 0 Å². The van der Waals surface area contributed by atoms with Gasteiger partial charge in [0, 0.05) is 34.8 Å². The van der Waals surface area contributed by atoms with Crippen molar-refractivity contribution in [1.82, 2.24) is 5.32 Å². The van der Waals surface area contributed by atoms with Gasteiger partial charge >= 0.3 is 5.97 Å². The number of methoxy groups -OCH3 is 1. The molecule has 3 aliphatic carbocycles. The van der Waals surface area contributed by atoms with E-state index in [1.165, 1.54) is 23.8 Å². The van der Waals surface area contributed by atoms with Gasteiger partial charge in [-0.3, -0.25) is 4.79 Å². The van der Waals surface area contributed by atoms with E-state index < -0.39 is 5.41 Å². The highest BCUT2D eigenvalue weighted by Gasteiger charge is 2.69. The van der Waals surface area contributed by atoms with Crippen LogP contribution in [0.1, 0.15) is 35.4 Å². The van der Waals surface area contributed by atoms with Crippen LogP contribution in [0.2, 0.25) is 0 Å². The Balaban J connectivity index is 1.82. The predicted molar refractivity (Wildman–Crippen MR) is 104 cm³/mol. The Bertz CT molecular complexity index is 880. The van der Waals surface area contributed by atoms with Crippen LogP contribution in [-0.4, -0.2) is 26.2 Å². The molecule has 2 aromatic rings. The van der Waals surface area contributed by atoms with E-state index in [1.54, 1.807) is 0 Å². The number of hydrogen-bond acceptors (Lipinski definition) is 3. The molecule has 2 aromatic carbocycles. The van der Waals surface area contributed by atoms with E-state index in [1.807, 2.05) is 0 Å². The summed E-state index contributed by atoms with van der Waals surface area (Å²) in [7, 11) is 1.53. The molecule has 4 aliphatic rings. The highest BCUT2D eigenvalue weighted by Crippen LogP contribution is 2.67. The Morgan fingerprint density at radius 1 is 1.19 bits per heavy atom. The second kappa shape index (κ2) is 5.67. The number of nitrogens with one attached hydrogen (secondary N) is 1. The van der Waals surface area contributed by atoms with E-state index in [0.29, 0.717) is 6.54 Å². The van der Waals surface area contributed by atoms with Gasteiger partial charge in [-0.25, -0.2) is 0 Å². The molecule has 134 valence electrons. The van der Waals surface area contributed by atoms with Crippen molar-refractivity contribution in [2.75, 3.05) is 20.2 Å². The molecule has 2 fully saturated rings. The number of rotatable bonds is 2. The van der Waals surface area contributed by atoms with E-state index in [0.717, 1.165) is 23.9 Å². The van der Waals surface area contributed by atoms with Gasteiger partial charge < -0.3 is 10.1 Å². The average Bonchev–Trinajstić information content (AvgIpc) is 3.16. The van der Waals surface area contributed by atoms with Crippen LogP contribution in [0.15, 0.2) is 53.0 Å². The van der Waals surface area contributed by atoms with Gasteiger partial charge in [0.25, 0.3) is 0 Å². The molecule has 4 atom stereocenters. The van der Waals surface area contributed by atoms with Crippen molar-refractivity contribution >= 4 is 21.9 Å². The topological polar surface area (TPSA) is 38.3 Å². The molecule has 4 unspecified atom stereocenters. The molecule has 6 rings (SSSR count). The van der Waals surface area contributed by atoms with Gasteiger partial charge in [-0.05, 0) is 41.7 Å². The van der Waals surface area contributed by atoms with Gasteiger partial charge in [0.1, 0.15) is 0 Å². The number of carbonyl (C=O) groups is 1. The van der Waals surface area contributed by atoms with Crippen LogP contribution in [0.5, 0.6) is 0 Å². The zero-order valence-electron chi connectivity index (χ0n) is 14.8. The molecule has 3 nitrogen and oxygen atoms in total. The fourth-order valence-corrected chi connectivity index (χ4v) is 6.53. The lowest BCUT2D eigenvalue weighted by atomic mass is 9.42. The molecule has 1 saturated heterocycles. The summed E-state index contributed by atoms with van der Waals surface area (Å²) in [5.74, 6) is 0.411. The van der Waals surface area contributed by atoms with Crippen LogP contribution in [0, 0.1) is 11.3 Å². The minimum absolute atomic E-state index is 0.0480. The van der Waals surface area contributed by atoms with Crippen molar-refractivity contribution in [2.24, 2.45) is 11.3 Å². The van der Waals surface area contributed by atoms with E-state index in [9.17, 15) is 4.79 Å². The summed E-state index contributed by atoms with van der Waals surface area (Å²) in [6.45, 7) is 1.57. The van der Waals surface area contributed by atoms with Crippen molar-refractivity contribution in [2.45, 2.75) is 24.2 Å². The third-order valence-corrected chi connectivity index (χ3v) is 7.70. The van der Waals surface area contributed by atoms with Crippen molar-refractivity contribution in [1.29, 1.82) is 0 Å². The first-order chi connectivity index (χ1) is 12.6. The van der Waals surface area contributed by atoms with Gasteiger partial charge in [-0.1, -0.05) is 52.3 Å². The van der Waals surface area contributed by atoms with Crippen molar-refractivity contribution < 1.29 is 9.53 Å². The Labute approximate surface area is 162 Å². The third kappa shape index (κ3) is 1.84. The molecule has 26 heavy (non-hydrogen) atoms. The van der Waals surface area contributed by atoms with Gasteiger partial charge in [-0.15, -0.1) is 0 Å². The summed E-state index contributed by atoms with van der Waals surface area (Å²) in [6.07, 6.45) is 2.11. The largest absolute Gasteiger partial charge is 0.469 e. The zero-order chi connectivity index (χ0) is 17.9. The smallest absolute Gasteiger partial charge is 0.314 e. The highest BCUT2D eigenvalue weighted by atomic mass is 79.9. The second-order valence-electron chi connectivity index (χ2n) is 7.87. The van der Waals surface area contributed by atoms with Crippen LogP contribution < -0.4 is 5.32 Å². The monoisotopic (exact) mass is 411 g/mol. The quantitative estimate of drug-likeness (QED) is 0.758. The summed E-state index contributed by atoms with van der Waals surface area (Å²) >= 11 is 3.57. The normalized spacial score (nSPS) is 34.2. The summed E-state index contributed by atoms with van der Waals surface area (Å²) in [6, 6.07) is 17.5. The maximum atomic E-state index is 13.1. The van der Waals surface area contributed by atoms with Gasteiger partial charge in [-0.2, -0.15) is 0 Å². The molecule has 1 aliphatic heterocycles. The summed E-state index contributed by atoms with van der Waals surface area (Å²) in [5, 5.41) is 3.55. The Morgan fingerprint density at radius 3 is 2.73 bits per heavy atom. The number of ether oxygens (including phenoxy) is 1. The lowest BCUT2D eigenvalue weighted by molar-refractivity contribution is -0.161. The molecule has 0 radical (unpaired) electrons. The number of carbonyl (C=O) groups excluding carboxylic acids is 1. The molecule has 2 bridgehead atoms. The van der Waals surface area contributed by atoms with Crippen molar-refractivity contribution in [3.8, 4) is 0 Å². The summed E-state index contributed by atoms with van der Waals surface area (Å²) in [5.41, 5.74) is 3.46. The maximum Gasteiger partial charge on any atom is 0.314 e. The fourth-order valence-electron chi connectivity index (χ4n) is 6.27. The van der Waals surface area contributed by atoms with E-state index in [2.05, 4.69) is 69.8 Å². The average molecular weight is 412 g/mol. The number of fused-ring (bicyclic) bond motifs is 1. The number of esters is 1. The Morgan fingerprint density at radius 2 is 1.96 bits per heavy atom. The Kier molecular flexibility index (Phi) is 3.60. The predicted octanol–water partition coefficient (Wildman–Crippen LogP) is 4.01. The minimum atomic E-state index is -0.464. The van der Waals surface area contributed by atoms with Crippen LogP contribution in [0.3, 0.4) is 0 Å². The van der Waals surface area contributed by atoms with E-state index in [-0.39, 0.29) is 23.2 Å². The Hall–Kier alpha value is -1.65. The molecule has 0 amide bonds. The lowest BCUT2D eigenvalue weighted by Gasteiger charge is -2.59.